The molecule has 0 saturated carbocycles. The van der Waals surface area contributed by atoms with Crippen LogP contribution in [0, 0.1) is 5.82 Å². The molecule has 0 saturated heterocycles. The van der Waals surface area contributed by atoms with Gasteiger partial charge in [0.25, 0.3) is 0 Å². The topological polar surface area (TPSA) is 103 Å². The summed E-state index contributed by atoms with van der Waals surface area (Å²) >= 11 is 0. The van der Waals surface area contributed by atoms with Gasteiger partial charge >= 0.3 is 5.97 Å². The zero-order valence-corrected chi connectivity index (χ0v) is 17.1. The molecule has 2 aromatic heterocycles. The van der Waals surface area contributed by atoms with Gasteiger partial charge in [-0.15, -0.1) is 0 Å². The van der Waals surface area contributed by atoms with Crippen LogP contribution in [-0.4, -0.2) is 25.6 Å². The largest absolute Gasteiger partial charge is 0.481 e. The second-order valence-corrected chi connectivity index (χ2v) is 7.36. The smallest absolute Gasteiger partial charge is 0.312 e. The fraction of sp³-hybridized carbons (Fsp3) is 0.125. The molecule has 0 aliphatic rings. The van der Waals surface area contributed by atoms with Crippen LogP contribution in [0.5, 0.6) is 11.5 Å². The third kappa shape index (κ3) is 5.28. The maximum absolute atomic E-state index is 13.1. The molecule has 0 spiro atoms. The summed E-state index contributed by atoms with van der Waals surface area (Å²) in [5.74, 6) is -0.537. The molecule has 2 heterocycles. The van der Waals surface area contributed by atoms with Crippen molar-refractivity contribution in [1.82, 2.24) is 14.5 Å². The lowest BCUT2D eigenvalue weighted by molar-refractivity contribution is -0.138. The Morgan fingerprint density at radius 1 is 1.06 bits per heavy atom. The van der Waals surface area contributed by atoms with Crippen LogP contribution < -0.4 is 10.5 Å². The second kappa shape index (κ2) is 9.30. The highest BCUT2D eigenvalue weighted by Crippen LogP contribution is 2.24. The van der Waals surface area contributed by atoms with Crippen molar-refractivity contribution in [3.63, 3.8) is 0 Å². The molecule has 3 N–H and O–H groups in total. The van der Waals surface area contributed by atoms with Crippen LogP contribution in [0.25, 0.3) is 0 Å². The monoisotopic (exact) mass is 432 g/mol. The van der Waals surface area contributed by atoms with Gasteiger partial charge in [-0.2, -0.15) is 0 Å². The highest BCUT2D eigenvalue weighted by Gasteiger charge is 2.23. The SMILES string of the molecule is Nc1ccc(CC(C(=O)O)c2cn(Cc3cccc(Oc4ccc(F)cc4)c3)cn2)cn1. The van der Waals surface area contributed by atoms with E-state index < -0.39 is 11.9 Å². The number of benzene rings is 2. The van der Waals surface area contributed by atoms with Crippen LogP contribution >= 0.6 is 0 Å². The first-order valence-electron chi connectivity index (χ1n) is 9.93. The van der Waals surface area contributed by atoms with Crippen molar-refractivity contribution in [2.75, 3.05) is 5.73 Å². The molecule has 0 aliphatic carbocycles. The van der Waals surface area contributed by atoms with Gasteiger partial charge in [0, 0.05) is 18.9 Å². The molecule has 4 aromatic rings. The number of nitrogens with zero attached hydrogens (tertiary/aromatic N) is 3. The molecule has 0 fully saturated rings. The Kier molecular flexibility index (Phi) is 6.12. The number of ether oxygens (including phenoxy) is 1. The Morgan fingerprint density at radius 2 is 1.88 bits per heavy atom. The third-order valence-electron chi connectivity index (χ3n) is 4.91. The molecule has 1 atom stereocenters. The number of imidazole rings is 1. The zero-order chi connectivity index (χ0) is 22.5. The van der Waals surface area contributed by atoms with E-state index in [-0.39, 0.29) is 12.2 Å². The number of nitrogen functional groups attached to an aromatic ring is 1. The summed E-state index contributed by atoms with van der Waals surface area (Å²) in [7, 11) is 0. The summed E-state index contributed by atoms with van der Waals surface area (Å²) in [6, 6.07) is 16.7. The Morgan fingerprint density at radius 3 is 2.59 bits per heavy atom. The Labute approximate surface area is 183 Å². The summed E-state index contributed by atoms with van der Waals surface area (Å²) in [5.41, 5.74) is 7.78. The number of carboxylic acids is 1. The summed E-state index contributed by atoms with van der Waals surface area (Å²) in [6.45, 7) is 0.489. The maximum atomic E-state index is 13.1. The Bertz CT molecular complexity index is 1210. The van der Waals surface area contributed by atoms with E-state index in [4.69, 9.17) is 10.5 Å². The second-order valence-electron chi connectivity index (χ2n) is 7.36. The molecule has 0 aliphatic heterocycles. The highest BCUT2D eigenvalue weighted by molar-refractivity contribution is 5.75. The van der Waals surface area contributed by atoms with Crippen LogP contribution in [0.15, 0.2) is 79.4 Å². The number of nitrogens with two attached hydrogens (primary N) is 1. The van der Waals surface area contributed by atoms with Crippen molar-refractivity contribution < 1.29 is 19.0 Å². The summed E-state index contributed by atoms with van der Waals surface area (Å²) in [4.78, 5) is 20.2. The standard InChI is InChI=1S/C24H21FN4O3/c25-18-5-7-19(8-6-18)32-20-3-1-2-17(10-20)13-29-14-22(28-15-29)21(24(30)31)11-16-4-9-23(26)27-12-16/h1-10,12,14-15,21H,11,13H2,(H2,26,27)(H,30,31). The maximum Gasteiger partial charge on any atom is 0.312 e. The molecule has 0 bridgehead atoms. The highest BCUT2D eigenvalue weighted by atomic mass is 19.1. The molecule has 0 radical (unpaired) electrons. The number of aromatic nitrogens is 3. The fourth-order valence-corrected chi connectivity index (χ4v) is 3.31. The van der Waals surface area contributed by atoms with Crippen LogP contribution in [0.1, 0.15) is 22.7 Å². The first-order chi connectivity index (χ1) is 15.5. The quantitative estimate of drug-likeness (QED) is 0.431. The van der Waals surface area contributed by atoms with E-state index in [1.54, 1.807) is 43.0 Å². The molecule has 32 heavy (non-hydrogen) atoms. The molecule has 0 amide bonds. The van der Waals surface area contributed by atoms with Gasteiger partial charge in [-0.1, -0.05) is 18.2 Å². The van der Waals surface area contributed by atoms with Crippen molar-refractivity contribution >= 4 is 11.8 Å². The lowest BCUT2D eigenvalue weighted by atomic mass is 9.98. The molecule has 1 unspecified atom stereocenters. The first kappa shape index (κ1) is 21.0. The molecular weight excluding hydrogens is 411 g/mol. The van der Waals surface area contributed by atoms with Crippen LogP contribution in [-0.2, 0) is 17.8 Å². The minimum Gasteiger partial charge on any atom is -0.481 e. The van der Waals surface area contributed by atoms with Crippen molar-refractivity contribution in [1.29, 1.82) is 0 Å². The molecule has 162 valence electrons. The van der Waals surface area contributed by atoms with E-state index in [2.05, 4.69) is 9.97 Å². The zero-order valence-electron chi connectivity index (χ0n) is 17.1. The average Bonchev–Trinajstić information content (AvgIpc) is 3.23. The number of carboxylic acid groups (broad SMARTS) is 1. The van der Waals surface area contributed by atoms with Gasteiger partial charge in [0.1, 0.15) is 29.1 Å². The van der Waals surface area contributed by atoms with Gasteiger partial charge in [0.2, 0.25) is 0 Å². The normalized spacial score (nSPS) is 11.8. The lowest BCUT2D eigenvalue weighted by Crippen LogP contribution is -2.15. The van der Waals surface area contributed by atoms with E-state index >= 15 is 0 Å². The van der Waals surface area contributed by atoms with Crippen LogP contribution in [0.2, 0.25) is 0 Å². The summed E-state index contributed by atoms with van der Waals surface area (Å²) in [5, 5.41) is 9.70. The van der Waals surface area contributed by atoms with Crippen LogP contribution in [0.3, 0.4) is 0 Å². The molecule has 7 nitrogen and oxygen atoms in total. The van der Waals surface area contributed by atoms with E-state index in [0.717, 1.165) is 11.1 Å². The predicted molar refractivity (Wildman–Crippen MR) is 117 cm³/mol. The minimum atomic E-state index is -0.957. The van der Waals surface area contributed by atoms with Gasteiger partial charge in [0.15, 0.2) is 0 Å². The van der Waals surface area contributed by atoms with Crippen molar-refractivity contribution in [3.05, 3.63) is 102 Å². The van der Waals surface area contributed by atoms with Gasteiger partial charge < -0.3 is 20.1 Å². The molecular formula is C24H21FN4O3. The first-order valence-corrected chi connectivity index (χ1v) is 9.93. The number of pyridine rings is 1. The average molecular weight is 432 g/mol. The summed E-state index contributed by atoms with van der Waals surface area (Å²) in [6.07, 6.45) is 5.19. The summed E-state index contributed by atoms with van der Waals surface area (Å²) < 4.78 is 20.7. The fourth-order valence-electron chi connectivity index (χ4n) is 3.31. The number of rotatable bonds is 8. The van der Waals surface area contributed by atoms with E-state index in [0.29, 0.717) is 29.6 Å². The Hall–Kier alpha value is -4.20. The number of aliphatic carboxylic acids is 1. The van der Waals surface area contributed by atoms with E-state index in [1.807, 2.05) is 28.8 Å². The van der Waals surface area contributed by atoms with Crippen LogP contribution in [0.4, 0.5) is 10.2 Å². The van der Waals surface area contributed by atoms with Crippen molar-refractivity contribution in [3.8, 4) is 11.5 Å². The third-order valence-corrected chi connectivity index (χ3v) is 4.91. The number of carbonyl (C=O) groups is 1. The van der Waals surface area contributed by atoms with E-state index in [9.17, 15) is 14.3 Å². The molecule has 4 rings (SSSR count). The number of halogens is 1. The number of hydrogen-bond donors (Lipinski definition) is 2. The van der Waals surface area contributed by atoms with Gasteiger partial charge in [-0.25, -0.2) is 14.4 Å². The van der Waals surface area contributed by atoms with Gasteiger partial charge in [-0.3, -0.25) is 4.79 Å². The van der Waals surface area contributed by atoms with E-state index in [1.165, 1.54) is 12.1 Å². The van der Waals surface area contributed by atoms with Gasteiger partial charge in [-0.05, 0) is 60.0 Å². The molecule has 8 heteroatoms. The number of hydrogen-bond acceptors (Lipinski definition) is 5. The molecule has 2 aromatic carbocycles. The Balaban J connectivity index is 1.46. The van der Waals surface area contributed by atoms with Gasteiger partial charge in [0.05, 0.1) is 12.0 Å². The van der Waals surface area contributed by atoms with Crippen molar-refractivity contribution in [2.24, 2.45) is 0 Å². The minimum absolute atomic E-state index is 0.265. The predicted octanol–water partition coefficient (Wildman–Crippen LogP) is 4.25. The van der Waals surface area contributed by atoms with Crippen molar-refractivity contribution in [2.45, 2.75) is 18.9 Å². The number of anilines is 1. The lowest BCUT2D eigenvalue weighted by Gasteiger charge is -2.10.